The molecule has 1 aliphatic heterocycles. The first-order chi connectivity index (χ1) is 14.1. The maximum absolute atomic E-state index is 12.9. The zero-order chi connectivity index (χ0) is 20.3. The molecule has 1 N–H and O–H groups in total. The van der Waals surface area contributed by atoms with Gasteiger partial charge in [0.05, 0.1) is 10.6 Å². The molecule has 4 rings (SSSR count). The van der Waals surface area contributed by atoms with E-state index in [0.29, 0.717) is 29.2 Å². The minimum Gasteiger partial charge on any atom is -0.507 e. The number of fused-ring (bicyclic) bond motifs is 1. The molecule has 0 bridgehead atoms. The number of aromatic hydroxyl groups is 1. The van der Waals surface area contributed by atoms with Gasteiger partial charge < -0.3 is 5.11 Å². The number of phenols is 1. The third-order valence-electron chi connectivity index (χ3n) is 5.33. The fraction of sp³-hybridized carbons (Fsp3) is 0.261. The highest BCUT2D eigenvalue weighted by Crippen LogP contribution is 2.27. The molecule has 1 heterocycles. The van der Waals surface area contributed by atoms with Gasteiger partial charge in [-0.05, 0) is 53.9 Å². The van der Waals surface area contributed by atoms with Crippen LogP contribution in [0.2, 0.25) is 0 Å². The van der Waals surface area contributed by atoms with E-state index in [9.17, 15) is 13.5 Å². The highest BCUT2D eigenvalue weighted by Gasteiger charge is 2.24. The summed E-state index contributed by atoms with van der Waals surface area (Å²) >= 11 is 0. The van der Waals surface area contributed by atoms with E-state index >= 15 is 0 Å². The summed E-state index contributed by atoms with van der Waals surface area (Å²) in [6.45, 7) is 1.17. The Balaban J connectivity index is 1.58. The highest BCUT2D eigenvalue weighted by atomic mass is 32.2. The number of nitrogens with zero attached hydrogens (tertiary/aromatic N) is 2. The monoisotopic (exact) mass is 408 g/mol. The van der Waals surface area contributed by atoms with E-state index in [1.807, 2.05) is 30.3 Å². The Morgan fingerprint density at radius 3 is 2.28 bits per heavy atom. The quantitative estimate of drug-likeness (QED) is 0.627. The standard InChI is InChI=1S/C23H24N2O3S/c26-23-14-9-18-7-3-4-8-21(18)22(23)17-24-19-10-12-20(13-11-19)29(27,28)25-15-5-1-2-6-16-25/h3-4,7-14,17,26H,1-2,5-6,15-16H2. The molecule has 0 aliphatic carbocycles. The summed E-state index contributed by atoms with van der Waals surface area (Å²) in [6, 6.07) is 17.9. The van der Waals surface area contributed by atoms with Crippen LogP contribution in [0.1, 0.15) is 31.2 Å². The number of rotatable bonds is 4. The maximum atomic E-state index is 12.9. The predicted molar refractivity (Wildman–Crippen MR) is 117 cm³/mol. The molecule has 0 saturated carbocycles. The molecule has 0 atom stereocenters. The van der Waals surface area contributed by atoms with Gasteiger partial charge in [0.2, 0.25) is 10.0 Å². The van der Waals surface area contributed by atoms with Crippen LogP contribution in [-0.4, -0.2) is 37.1 Å². The first kappa shape index (κ1) is 19.6. The van der Waals surface area contributed by atoms with Gasteiger partial charge in [-0.15, -0.1) is 0 Å². The van der Waals surface area contributed by atoms with Gasteiger partial charge in [-0.25, -0.2) is 8.42 Å². The number of hydrogen-bond donors (Lipinski definition) is 1. The van der Waals surface area contributed by atoms with Crippen molar-refractivity contribution in [1.29, 1.82) is 0 Å². The van der Waals surface area contributed by atoms with E-state index in [0.717, 1.165) is 36.5 Å². The van der Waals surface area contributed by atoms with Gasteiger partial charge in [-0.3, -0.25) is 4.99 Å². The van der Waals surface area contributed by atoms with Crippen LogP contribution < -0.4 is 0 Å². The molecule has 0 aromatic heterocycles. The molecule has 3 aromatic rings. The molecule has 0 spiro atoms. The van der Waals surface area contributed by atoms with Crippen LogP contribution in [0.3, 0.4) is 0 Å². The molecule has 1 saturated heterocycles. The largest absolute Gasteiger partial charge is 0.507 e. The fourth-order valence-electron chi connectivity index (χ4n) is 3.69. The van der Waals surface area contributed by atoms with Crippen molar-refractivity contribution in [3.05, 3.63) is 66.2 Å². The summed E-state index contributed by atoms with van der Waals surface area (Å²) in [7, 11) is -3.46. The smallest absolute Gasteiger partial charge is 0.243 e. The van der Waals surface area contributed by atoms with Crippen molar-refractivity contribution in [2.75, 3.05) is 13.1 Å². The summed E-state index contributed by atoms with van der Waals surface area (Å²) in [5.74, 6) is 0.160. The number of hydrogen-bond acceptors (Lipinski definition) is 4. The molecule has 29 heavy (non-hydrogen) atoms. The molecule has 0 amide bonds. The number of phenolic OH excluding ortho intramolecular Hbond substituents is 1. The van der Waals surface area contributed by atoms with E-state index in [2.05, 4.69) is 4.99 Å². The second-order valence-corrected chi connectivity index (χ2v) is 9.23. The van der Waals surface area contributed by atoms with Crippen molar-refractivity contribution >= 4 is 32.7 Å². The van der Waals surface area contributed by atoms with E-state index in [1.165, 1.54) is 0 Å². The topological polar surface area (TPSA) is 70.0 Å². The van der Waals surface area contributed by atoms with Crippen LogP contribution in [0.4, 0.5) is 5.69 Å². The predicted octanol–water partition coefficient (Wildman–Crippen LogP) is 4.86. The summed E-state index contributed by atoms with van der Waals surface area (Å²) in [6.07, 6.45) is 5.61. The first-order valence-corrected chi connectivity index (χ1v) is 11.3. The van der Waals surface area contributed by atoms with Crippen molar-refractivity contribution in [2.24, 2.45) is 4.99 Å². The van der Waals surface area contributed by atoms with Crippen LogP contribution in [0, 0.1) is 0 Å². The Morgan fingerprint density at radius 2 is 1.55 bits per heavy atom. The average molecular weight is 409 g/mol. The van der Waals surface area contributed by atoms with E-state index in [1.54, 1.807) is 40.9 Å². The van der Waals surface area contributed by atoms with Crippen LogP contribution in [0.15, 0.2) is 70.6 Å². The van der Waals surface area contributed by atoms with Crippen molar-refractivity contribution in [2.45, 2.75) is 30.6 Å². The lowest BCUT2D eigenvalue weighted by molar-refractivity contribution is 0.424. The van der Waals surface area contributed by atoms with Crippen LogP contribution in [0.25, 0.3) is 10.8 Å². The van der Waals surface area contributed by atoms with Gasteiger partial charge in [0.15, 0.2) is 0 Å². The second-order valence-electron chi connectivity index (χ2n) is 7.29. The minimum absolute atomic E-state index is 0.160. The van der Waals surface area contributed by atoms with Gasteiger partial charge in [0.1, 0.15) is 5.75 Å². The summed E-state index contributed by atoms with van der Waals surface area (Å²) < 4.78 is 27.3. The fourth-order valence-corrected chi connectivity index (χ4v) is 5.21. The van der Waals surface area contributed by atoms with Crippen LogP contribution in [0.5, 0.6) is 5.75 Å². The molecule has 1 fully saturated rings. The lowest BCUT2D eigenvalue weighted by Crippen LogP contribution is -2.31. The van der Waals surface area contributed by atoms with Gasteiger partial charge in [0.25, 0.3) is 0 Å². The molecule has 3 aromatic carbocycles. The average Bonchev–Trinajstić information content (AvgIpc) is 3.04. The van der Waals surface area contributed by atoms with Crippen LogP contribution in [-0.2, 0) is 10.0 Å². The van der Waals surface area contributed by atoms with E-state index < -0.39 is 10.0 Å². The lowest BCUT2D eigenvalue weighted by atomic mass is 10.0. The molecular weight excluding hydrogens is 384 g/mol. The zero-order valence-electron chi connectivity index (χ0n) is 16.2. The third kappa shape index (κ3) is 4.18. The van der Waals surface area contributed by atoms with E-state index in [4.69, 9.17) is 0 Å². The van der Waals surface area contributed by atoms with Crippen molar-refractivity contribution in [3.8, 4) is 5.75 Å². The Bertz CT molecular complexity index is 1130. The highest BCUT2D eigenvalue weighted by molar-refractivity contribution is 7.89. The van der Waals surface area contributed by atoms with Gasteiger partial charge >= 0.3 is 0 Å². The maximum Gasteiger partial charge on any atom is 0.243 e. The van der Waals surface area contributed by atoms with Gasteiger partial charge in [-0.1, -0.05) is 43.2 Å². The summed E-state index contributed by atoms with van der Waals surface area (Å²) in [5, 5.41) is 12.2. The summed E-state index contributed by atoms with van der Waals surface area (Å²) in [5.41, 5.74) is 1.27. The van der Waals surface area contributed by atoms with Gasteiger partial charge in [0, 0.05) is 24.9 Å². The SMILES string of the molecule is O=S(=O)(c1ccc(N=Cc2c(O)ccc3ccccc23)cc1)N1CCCCCC1. The van der Waals surface area contributed by atoms with Gasteiger partial charge in [-0.2, -0.15) is 4.31 Å². The van der Waals surface area contributed by atoms with Crippen LogP contribution >= 0.6 is 0 Å². The molecule has 0 unspecified atom stereocenters. The third-order valence-corrected chi connectivity index (χ3v) is 7.24. The molecule has 1 aliphatic rings. The lowest BCUT2D eigenvalue weighted by Gasteiger charge is -2.19. The Kier molecular flexibility index (Phi) is 5.65. The molecule has 150 valence electrons. The molecule has 5 nitrogen and oxygen atoms in total. The van der Waals surface area contributed by atoms with Crippen molar-refractivity contribution < 1.29 is 13.5 Å². The normalized spacial score (nSPS) is 16.3. The summed E-state index contributed by atoms with van der Waals surface area (Å²) in [4.78, 5) is 4.74. The first-order valence-electron chi connectivity index (χ1n) is 9.91. The minimum atomic E-state index is -3.46. The van der Waals surface area contributed by atoms with E-state index in [-0.39, 0.29) is 5.75 Å². The Labute approximate surface area is 171 Å². The molecule has 6 heteroatoms. The Morgan fingerprint density at radius 1 is 0.862 bits per heavy atom. The van der Waals surface area contributed by atoms with Crippen molar-refractivity contribution in [3.63, 3.8) is 0 Å². The number of aliphatic imine (C=N–C) groups is 1. The molecule has 0 radical (unpaired) electrons. The zero-order valence-corrected chi connectivity index (χ0v) is 17.0. The van der Waals surface area contributed by atoms with Crippen molar-refractivity contribution in [1.82, 2.24) is 4.31 Å². The number of benzene rings is 3. The second kappa shape index (κ2) is 8.35. The number of sulfonamides is 1. The molecular formula is C23H24N2O3S. The Hall–Kier alpha value is -2.70.